The molecule has 1 aliphatic rings. The van der Waals surface area contributed by atoms with Gasteiger partial charge in [-0.2, -0.15) is 0 Å². The Labute approximate surface area is 194 Å². The maximum absolute atomic E-state index is 6.36. The number of hydrogen-bond acceptors (Lipinski definition) is 4. The van der Waals surface area contributed by atoms with Crippen molar-refractivity contribution in [2.45, 2.75) is 18.6 Å². The molecule has 154 valence electrons. The van der Waals surface area contributed by atoms with Crippen molar-refractivity contribution in [3.63, 3.8) is 0 Å². The molecule has 0 unspecified atom stereocenters. The van der Waals surface area contributed by atoms with Crippen LogP contribution < -0.4 is 5.32 Å². The number of thiocarbonyl (C=S) groups is 1. The molecule has 1 saturated heterocycles. The van der Waals surface area contributed by atoms with Crippen LogP contribution in [0.5, 0.6) is 0 Å². The average molecular weight is 491 g/mol. The number of hydrogen-bond donors (Lipinski definition) is 1. The Bertz CT molecular complexity index is 1180. The Kier molecular flexibility index (Phi) is 5.53. The van der Waals surface area contributed by atoms with E-state index in [-0.39, 0.29) is 12.1 Å². The van der Waals surface area contributed by atoms with E-state index in [0.29, 0.717) is 11.7 Å². The highest BCUT2D eigenvalue weighted by atomic mass is 79.9. The van der Waals surface area contributed by atoms with Crippen molar-refractivity contribution in [3.05, 3.63) is 107 Å². The fraction of sp³-hybridized carbons (Fsp3) is 0.125. The van der Waals surface area contributed by atoms with Crippen LogP contribution in [0.3, 0.4) is 0 Å². The molecule has 0 spiro atoms. The van der Waals surface area contributed by atoms with Gasteiger partial charge in [-0.25, -0.2) is 0 Å². The highest BCUT2D eigenvalue weighted by Gasteiger charge is 2.41. The zero-order valence-electron chi connectivity index (χ0n) is 16.5. The summed E-state index contributed by atoms with van der Waals surface area (Å²) in [5.74, 6) is 1.67. The van der Waals surface area contributed by atoms with Crippen LogP contribution >= 0.6 is 28.1 Å². The summed E-state index contributed by atoms with van der Waals surface area (Å²) in [5, 5.41) is 4.14. The van der Waals surface area contributed by atoms with Gasteiger partial charge in [-0.1, -0.05) is 34.1 Å². The number of furan rings is 1. The second kappa shape index (κ2) is 8.61. The third-order valence-corrected chi connectivity index (χ3v) is 6.23. The number of aromatic nitrogens is 2. The zero-order valence-corrected chi connectivity index (χ0v) is 18.9. The molecule has 0 radical (unpaired) electrons. The lowest BCUT2D eigenvalue weighted by Crippen LogP contribution is -2.29. The molecule has 5 rings (SSSR count). The van der Waals surface area contributed by atoms with Crippen LogP contribution in [-0.4, -0.2) is 20.0 Å². The minimum atomic E-state index is -0.125. The van der Waals surface area contributed by atoms with E-state index in [0.717, 1.165) is 32.8 Å². The predicted octanol–water partition coefficient (Wildman–Crippen LogP) is 5.67. The van der Waals surface area contributed by atoms with Crippen LogP contribution in [0, 0.1) is 0 Å². The molecule has 2 atom stereocenters. The van der Waals surface area contributed by atoms with Gasteiger partial charge in [-0.3, -0.25) is 9.97 Å². The highest BCUT2D eigenvalue weighted by Crippen LogP contribution is 2.41. The summed E-state index contributed by atoms with van der Waals surface area (Å²) in [6.45, 7) is 0.649. The molecule has 4 aromatic rings. The Morgan fingerprint density at radius 1 is 0.968 bits per heavy atom. The van der Waals surface area contributed by atoms with Crippen LogP contribution in [0.1, 0.15) is 29.1 Å². The molecule has 0 saturated carbocycles. The molecule has 31 heavy (non-hydrogen) atoms. The first-order valence-corrected chi connectivity index (χ1v) is 11.1. The molecule has 1 N–H and O–H groups in total. The monoisotopic (exact) mass is 490 g/mol. The van der Waals surface area contributed by atoms with Crippen molar-refractivity contribution in [3.8, 4) is 11.3 Å². The van der Waals surface area contributed by atoms with Gasteiger partial charge in [-0.15, -0.1) is 0 Å². The number of nitrogens with zero attached hydrogens (tertiary/aromatic N) is 3. The molecule has 4 heterocycles. The maximum Gasteiger partial charge on any atom is 0.170 e. The molecule has 7 heteroatoms. The number of nitrogens with one attached hydrogen (secondary N) is 1. The highest BCUT2D eigenvalue weighted by molar-refractivity contribution is 9.10. The third kappa shape index (κ3) is 4.11. The van der Waals surface area contributed by atoms with Gasteiger partial charge in [-0.05, 0) is 66.3 Å². The van der Waals surface area contributed by atoms with E-state index in [9.17, 15) is 0 Å². The number of pyridine rings is 2. The summed E-state index contributed by atoms with van der Waals surface area (Å²) >= 11 is 9.22. The van der Waals surface area contributed by atoms with Crippen molar-refractivity contribution in [1.29, 1.82) is 0 Å². The van der Waals surface area contributed by atoms with Gasteiger partial charge in [0.1, 0.15) is 17.6 Å². The topological polar surface area (TPSA) is 54.2 Å². The van der Waals surface area contributed by atoms with E-state index in [1.54, 1.807) is 18.6 Å². The minimum Gasteiger partial charge on any atom is -0.459 e. The largest absolute Gasteiger partial charge is 0.459 e. The second-order valence-corrected chi connectivity index (χ2v) is 8.62. The fourth-order valence-corrected chi connectivity index (χ4v) is 4.42. The average Bonchev–Trinajstić information content (AvgIpc) is 3.41. The van der Waals surface area contributed by atoms with Crippen molar-refractivity contribution in [2.24, 2.45) is 0 Å². The minimum absolute atomic E-state index is 0.112. The predicted molar refractivity (Wildman–Crippen MR) is 127 cm³/mol. The second-order valence-electron chi connectivity index (χ2n) is 7.32. The Morgan fingerprint density at radius 2 is 1.77 bits per heavy atom. The normalized spacial score (nSPS) is 18.2. The van der Waals surface area contributed by atoms with Crippen molar-refractivity contribution in [2.75, 3.05) is 0 Å². The van der Waals surface area contributed by atoms with Crippen molar-refractivity contribution in [1.82, 2.24) is 20.2 Å². The molecule has 3 aromatic heterocycles. The van der Waals surface area contributed by atoms with Gasteiger partial charge in [0.2, 0.25) is 0 Å². The lowest BCUT2D eigenvalue weighted by molar-refractivity contribution is 0.269. The maximum atomic E-state index is 6.36. The van der Waals surface area contributed by atoms with Crippen molar-refractivity contribution < 1.29 is 4.42 Å². The molecule has 0 bridgehead atoms. The SMILES string of the molecule is S=C1N[C@@H](c2ccccn2)[C@@H](c2ccc(-c3ccc(Br)cc3)o2)N1Cc1ccncc1. The molecule has 1 fully saturated rings. The summed E-state index contributed by atoms with van der Waals surface area (Å²) in [6, 6.07) is 21.8. The summed E-state index contributed by atoms with van der Waals surface area (Å²) < 4.78 is 7.40. The summed E-state index contributed by atoms with van der Waals surface area (Å²) in [4.78, 5) is 10.9. The van der Waals surface area contributed by atoms with E-state index in [2.05, 4.69) is 36.1 Å². The first-order valence-electron chi connectivity index (χ1n) is 9.92. The molecule has 1 aliphatic heterocycles. The van der Waals surface area contributed by atoms with Crippen molar-refractivity contribution >= 4 is 33.3 Å². The summed E-state index contributed by atoms with van der Waals surface area (Å²) in [5.41, 5.74) is 3.08. The molecule has 0 aliphatic carbocycles. The number of halogens is 1. The number of benzene rings is 1. The van der Waals surface area contributed by atoms with Gasteiger partial charge >= 0.3 is 0 Å². The lowest BCUT2D eigenvalue weighted by atomic mass is 10.0. The smallest absolute Gasteiger partial charge is 0.170 e. The summed E-state index contributed by atoms with van der Waals surface area (Å²) in [6.07, 6.45) is 5.40. The molecular formula is C24H19BrN4OS. The van der Waals surface area contributed by atoms with E-state index in [1.807, 2.05) is 66.7 Å². The Balaban J connectivity index is 1.53. The van der Waals surface area contributed by atoms with Crippen LogP contribution in [0.25, 0.3) is 11.3 Å². The number of rotatable bonds is 5. The zero-order chi connectivity index (χ0) is 21.2. The molecule has 5 nitrogen and oxygen atoms in total. The van der Waals surface area contributed by atoms with Gasteiger partial charge in [0.15, 0.2) is 5.11 Å². The van der Waals surface area contributed by atoms with Gasteiger partial charge in [0.05, 0.1) is 11.7 Å². The fourth-order valence-electron chi connectivity index (χ4n) is 3.85. The van der Waals surface area contributed by atoms with Gasteiger partial charge in [0, 0.05) is 35.2 Å². The van der Waals surface area contributed by atoms with Gasteiger partial charge in [0.25, 0.3) is 0 Å². The van der Waals surface area contributed by atoms with Crippen LogP contribution in [0.2, 0.25) is 0 Å². The van der Waals surface area contributed by atoms with Crippen LogP contribution in [-0.2, 0) is 6.54 Å². The third-order valence-electron chi connectivity index (χ3n) is 5.35. The lowest BCUT2D eigenvalue weighted by Gasteiger charge is -2.26. The summed E-state index contributed by atoms with van der Waals surface area (Å²) in [7, 11) is 0. The van der Waals surface area contributed by atoms with Crippen LogP contribution in [0.4, 0.5) is 0 Å². The molecule has 1 aromatic carbocycles. The van der Waals surface area contributed by atoms with E-state index < -0.39 is 0 Å². The van der Waals surface area contributed by atoms with Gasteiger partial charge < -0.3 is 14.6 Å². The van der Waals surface area contributed by atoms with E-state index in [4.69, 9.17) is 16.6 Å². The Hall–Kier alpha value is -3.03. The first kappa shape index (κ1) is 19.9. The quantitative estimate of drug-likeness (QED) is 0.363. The standard InChI is InChI=1S/C24H19BrN4OS/c25-18-6-4-17(5-7-18)20-8-9-21(30-20)23-22(19-3-1-2-12-27-19)28-24(31)29(23)15-16-10-13-26-14-11-16/h1-14,22-23H,15H2,(H,28,31)/t22-,23+/m0/s1. The van der Waals surface area contributed by atoms with Crippen LogP contribution in [0.15, 0.2) is 94.2 Å². The first-order chi connectivity index (χ1) is 15.2. The van der Waals surface area contributed by atoms with E-state index in [1.165, 1.54) is 0 Å². The van der Waals surface area contributed by atoms with E-state index >= 15 is 0 Å². The Morgan fingerprint density at radius 3 is 2.52 bits per heavy atom. The molecular weight excluding hydrogens is 472 g/mol. The molecule has 0 amide bonds.